The van der Waals surface area contributed by atoms with E-state index in [2.05, 4.69) is 5.32 Å². The molecule has 1 rings (SSSR count). The first-order valence-electron chi connectivity index (χ1n) is 6.01. The van der Waals surface area contributed by atoms with E-state index in [1.165, 1.54) is 0 Å². The Bertz CT molecular complexity index is 397. The summed E-state index contributed by atoms with van der Waals surface area (Å²) in [6, 6.07) is 5.10. The minimum atomic E-state index is -0.465. The molecule has 3 N–H and O–H groups in total. The zero-order chi connectivity index (χ0) is 13.4. The molecule has 1 amide bonds. The third-order valence-corrected chi connectivity index (χ3v) is 2.85. The van der Waals surface area contributed by atoms with Crippen molar-refractivity contribution in [1.82, 2.24) is 5.32 Å². The van der Waals surface area contributed by atoms with E-state index in [0.29, 0.717) is 17.1 Å². The molecular formula is C13H19ClN2O2. The molecule has 18 heavy (non-hydrogen) atoms. The predicted molar refractivity (Wildman–Crippen MR) is 72.8 cm³/mol. The molecule has 0 aliphatic rings. The highest BCUT2D eigenvalue weighted by Crippen LogP contribution is 2.17. The van der Waals surface area contributed by atoms with Gasteiger partial charge in [-0.2, -0.15) is 0 Å². The van der Waals surface area contributed by atoms with Gasteiger partial charge in [0.2, 0.25) is 5.91 Å². The summed E-state index contributed by atoms with van der Waals surface area (Å²) >= 11 is 6.06. The summed E-state index contributed by atoms with van der Waals surface area (Å²) in [6.45, 7) is 5.03. The summed E-state index contributed by atoms with van der Waals surface area (Å²) in [5.74, 6) is -0.465. The number of nitrogens with two attached hydrogens (primary N) is 1. The molecule has 0 unspecified atom stereocenters. The highest BCUT2D eigenvalue weighted by molar-refractivity contribution is 6.31. The first-order chi connectivity index (χ1) is 8.65. The number of nitrogens with one attached hydrogen (secondary N) is 1. The van der Waals surface area contributed by atoms with Crippen LogP contribution in [0.3, 0.4) is 0 Å². The molecule has 0 heterocycles. The van der Waals surface area contributed by atoms with Crippen LogP contribution in [0, 0.1) is 0 Å². The number of amides is 1. The normalized spacial score (nSPS) is 10.6. The summed E-state index contributed by atoms with van der Waals surface area (Å²) in [5, 5.41) is 3.83. The maximum atomic E-state index is 11.0. The summed E-state index contributed by atoms with van der Waals surface area (Å²) in [7, 11) is 0. The zero-order valence-electron chi connectivity index (χ0n) is 10.5. The fourth-order valence-electron chi connectivity index (χ4n) is 1.51. The molecule has 1 aromatic carbocycles. The van der Waals surface area contributed by atoms with E-state index in [-0.39, 0.29) is 0 Å². The van der Waals surface area contributed by atoms with Crippen molar-refractivity contribution >= 4 is 17.5 Å². The van der Waals surface area contributed by atoms with Crippen molar-refractivity contribution in [2.24, 2.45) is 5.73 Å². The third-order valence-electron chi connectivity index (χ3n) is 2.50. The standard InChI is InChI=1S/C13H19ClN2O2/c1-2-18-7-3-6-16-9-11-5-4-10(13(15)17)8-12(11)14/h4-5,8,16H,2-3,6-7,9H2,1H3,(H2,15,17). The molecule has 0 radical (unpaired) electrons. The van der Waals surface area contributed by atoms with Gasteiger partial charge in [0.15, 0.2) is 0 Å². The van der Waals surface area contributed by atoms with Gasteiger partial charge in [-0.05, 0) is 37.6 Å². The van der Waals surface area contributed by atoms with Crippen molar-refractivity contribution in [3.05, 3.63) is 34.3 Å². The molecule has 0 atom stereocenters. The van der Waals surface area contributed by atoms with Crippen LogP contribution in [0.15, 0.2) is 18.2 Å². The Labute approximate surface area is 112 Å². The van der Waals surface area contributed by atoms with Gasteiger partial charge in [0.1, 0.15) is 0 Å². The highest BCUT2D eigenvalue weighted by atomic mass is 35.5. The van der Waals surface area contributed by atoms with E-state index >= 15 is 0 Å². The third kappa shape index (κ3) is 5.04. The molecule has 100 valence electrons. The number of ether oxygens (including phenoxy) is 1. The van der Waals surface area contributed by atoms with Gasteiger partial charge < -0.3 is 15.8 Å². The zero-order valence-corrected chi connectivity index (χ0v) is 11.3. The summed E-state index contributed by atoms with van der Waals surface area (Å²) in [6.07, 6.45) is 0.963. The lowest BCUT2D eigenvalue weighted by Gasteiger charge is -2.07. The van der Waals surface area contributed by atoms with Crippen molar-refractivity contribution in [2.45, 2.75) is 19.9 Å². The minimum Gasteiger partial charge on any atom is -0.382 e. The van der Waals surface area contributed by atoms with Crippen molar-refractivity contribution in [1.29, 1.82) is 0 Å². The van der Waals surface area contributed by atoms with Gasteiger partial charge in [-0.1, -0.05) is 17.7 Å². The number of rotatable bonds is 8. The van der Waals surface area contributed by atoms with Crippen LogP contribution in [-0.4, -0.2) is 25.7 Å². The Morgan fingerprint density at radius 2 is 2.28 bits per heavy atom. The second kappa shape index (κ2) is 8.08. The van der Waals surface area contributed by atoms with Gasteiger partial charge in [-0.25, -0.2) is 0 Å². The second-order valence-corrected chi connectivity index (χ2v) is 4.30. The van der Waals surface area contributed by atoms with Crippen LogP contribution in [0.4, 0.5) is 0 Å². The Kier molecular flexibility index (Phi) is 6.72. The molecule has 0 saturated carbocycles. The number of carbonyl (C=O) groups is 1. The number of halogens is 1. The quantitative estimate of drug-likeness (QED) is 0.710. The lowest BCUT2D eigenvalue weighted by Crippen LogP contribution is -2.17. The van der Waals surface area contributed by atoms with Crippen molar-refractivity contribution < 1.29 is 9.53 Å². The SMILES string of the molecule is CCOCCCNCc1ccc(C(N)=O)cc1Cl. The monoisotopic (exact) mass is 270 g/mol. The average molecular weight is 271 g/mol. The molecule has 4 nitrogen and oxygen atoms in total. The first-order valence-corrected chi connectivity index (χ1v) is 6.39. The van der Waals surface area contributed by atoms with Crippen LogP contribution in [0.5, 0.6) is 0 Å². The maximum Gasteiger partial charge on any atom is 0.248 e. The molecule has 0 aliphatic carbocycles. The summed E-state index contributed by atoms with van der Waals surface area (Å²) in [4.78, 5) is 11.0. The molecule has 0 saturated heterocycles. The fraction of sp³-hybridized carbons (Fsp3) is 0.462. The van der Waals surface area contributed by atoms with E-state index in [0.717, 1.165) is 31.7 Å². The Balaban J connectivity index is 2.36. The predicted octanol–water partition coefficient (Wildman–Crippen LogP) is 1.96. The van der Waals surface area contributed by atoms with E-state index in [4.69, 9.17) is 22.1 Å². The van der Waals surface area contributed by atoms with E-state index in [1.54, 1.807) is 12.1 Å². The van der Waals surface area contributed by atoms with Crippen LogP contribution in [0.1, 0.15) is 29.3 Å². The molecule has 0 bridgehead atoms. The maximum absolute atomic E-state index is 11.0. The van der Waals surface area contributed by atoms with E-state index < -0.39 is 5.91 Å². The molecule has 0 spiro atoms. The van der Waals surface area contributed by atoms with Crippen LogP contribution < -0.4 is 11.1 Å². The van der Waals surface area contributed by atoms with E-state index in [1.807, 2.05) is 13.0 Å². The topological polar surface area (TPSA) is 64.3 Å². The lowest BCUT2D eigenvalue weighted by atomic mass is 10.1. The number of primary amides is 1. The van der Waals surface area contributed by atoms with Crippen molar-refractivity contribution in [3.8, 4) is 0 Å². The Hall–Kier alpha value is -1.10. The molecular weight excluding hydrogens is 252 g/mol. The highest BCUT2D eigenvalue weighted by Gasteiger charge is 2.05. The number of carbonyl (C=O) groups excluding carboxylic acids is 1. The fourth-order valence-corrected chi connectivity index (χ4v) is 1.76. The molecule has 5 heteroatoms. The van der Waals surface area contributed by atoms with Gasteiger partial charge >= 0.3 is 0 Å². The van der Waals surface area contributed by atoms with Gasteiger partial charge in [0.05, 0.1) is 0 Å². The van der Waals surface area contributed by atoms with Gasteiger partial charge in [-0.15, -0.1) is 0 Å². The second-order valence-electron chi connectivity index (χ2n) is 3.90. The molecule has 0 aliphatic heterocycles. The van der Waals surface area contributed by atoms with Crippen LogP contribution >= 0.6 is 11.6 Å². The molecule has 0 aromatic heterocycles. The number of benzene rings is 1. The van der Waals surface area contributed by atoms with Crippen LogP contribution in [0.25, 0.3) is 0 Å². The molecule has 1 aromatic rings. The van der Waals surface area contributed by atoms with Crippen LogP contribution in [-0.2, 0) is 11.3 Å². The largest absolute Gasteiger partial charge is 0.382 e. The summed E-state index contributed by atoms with van der Waals surface area (Å²) in [5.41, 5.74) is 6.56. The Morgan fingerprint density at radius 3 is 2.89 bits per heavy atom. The lowest BCUT2D eigenvalue weighted by molar-refractivity contribution is 0.100. The van der Waals surface area contributed by atoms with Crippen molar-refractivity contribution in [3.63, 3.8) is 0 Å². The number of hydrogen-bond donors (Lipinski definition) is 2. The van der Waals surface area contributed by atoms with Gasteiger partial charge in [0, 0.05) is 30.3 Å². The average Bonchev–Trinajstić information content (AvgIpc) is 2.35. The van der Waals surface area contributed by atoms with Crippen molar-refractivity contribution in [2.75, 3.05) is 19.8 Å². The van der Waals surface area contributed by atoms with Gasteiger partial charge in [-0.3, -0.25) is 4.79 Å². The summed E-state index contributed by atoms with van der Waals surface area (Å²) < 4.78 is 5.23. The van der Waals surface area contributed by atoms with Gasteiger partial charge in [0.25, 0.3) is 0 Å². The number of hydrogen-bond acceptors (Lipinski definition) is 3. The Morgan fingerprint density at radius 1 is 1.50 bits per heavy atom. The first kappa shape index (κ1) is 15.0. The molecule has 0 fully saturated rings. The van der Waals surface area contributed by atoms with E-state index in [9.17, 15) is 4.79 Å². The minimum absolute atomic E-state index is 0.431. The van der Waals surface area contributed by atoms with Crippen LogP contribution in [0.2, 0.25) is 5.02 Å². The smallest absolute Gasteiger partial charge is 0.248 e.